The Morgan fingerprint density at radius 2 is 2.17 bits per heavy atom. The van der Waals surface area contributed by atoms with E-state index in [1.165, 1.54) is 27.0 Å². The number of pyridine rings is 1. The predicted octanol–water partition coefficient (Wildman–Crippen LogP) is 5.67. The molecule has 0 spiro atoms. The van der Waals surface area contributed by atoms with E-state index in [0.29, 0.717) is 12.8 Å². The lowest BCUT2D eigenvalue weighted by atomic mass is 10.0. The molecule has 0 unspecified atom stereocenters. The Kier molecular flexibility index (Phi) is 6.20. The second-order valence-electron chi connectivity index (χ2n) is 9.19. The number of nitrogens with one attached hydrogen (secondary N) is 2. The van der Waals surface area contributed by atoms with Crippen molar-refractivity contribution >= 4 is 49.6 Å². The van der Waals surface area contributed by atoms with Crippen LogP contribution in [0.1, 0.15) is 30.2 Å². The number of H-pyrrole nitrogens is 1. The molecular weight excluding hydrogens is 474 g/mol. The molecule has 6 nitrogen and oxygen atoms in total. The van der Waals surface area contributed by atoms with Crippen molar-refractivity contribution in [2.45, 2.75) is 32.4 Å². The van der Waals surface area contributed by atoms with Crippen LogP contribution in [-0.4, -0.2) is 45.8 Å². The molecule has 1 aliphatic heterocycles. The van der Waals surface area contributed by atoms with Crippen molar-refractivity contribution in [3.8, 4) is 10.6 Å². The Morgan fingerprint density at radius 3 is 3.09 bits per heavy atom. The van der Waals surface area contributed by atoms with Crippen LogP contribution in [0.25, 0.3) is 31.7 Å². The summed E-state index contributed by atoms with van der Waals surface area (Å²) in [5, 5.41) is 5.72. The van der Waals surface area contributed by atoms with Crippen molar-refractivity contribution in [1.82, 2.24) is 25.2 Å². The second kappa shape index (κ2) is 9.62. The number of aromatic nitrogens is 3. The van der Waals surface area contributed by atoms with Crippen LogP contribution in [0.3, 0.4) is 0 Å². The molecule has 4 aromatic heterocycles. The highest BCUT2D eigenvalue weighted by Crippen LogP contribution is 2.41. The standard InChI is InChI=1S/C27H27N5OS2.2H2/c1-32(16-17-2-3-21-18(12-17)4-10-30-21)11-7-19(33)13-24-26(20-5-8-29-15-25(20)34-24)27-31-22-14-28-9-6-23(22)35-27;;/h2-4,6,9-10,12,14,29-30H,5,7-8,11,13,15-16H2,1H3;2*1H. The number of carbonyl (C=O) groups is 1. The van der Waals surface area contributed by atoms with Crippen molar-refractivity contribution in [3.05, 3.63) is 69.8 Å². The number of hydrogen-bond donors (Lipinski definition) is 2. The predicted molar refractivity (Wildman–Crippen MR) is 148 cm³/mol. The van der Waals surface area contributed by atoms with E-state index in [0.717, 1.165) is 58.2 Å². The number of ketones is 1. The van der Waals surface area contributed by atoms with E-state index in [4.69, 9.17) is 4.98 Å². The summed E-state index contributed by atoms with van der Waals surface area (Å²) in [6, 6.07) is 10.6. The summed E-state index contributed by atoms with van der Waals surface area (Å²) >= 11 is 3.49. The summed E-state index contributed by atoms with van der Waals surface area (Å²) < 4.78 is 1.14. The van der Waals surface area contributed by atoms with E-state index in [-0.39, 0.29) is 8.64 Å². The zero-order valence-corrected chi connectivity index (χ0v) is 21.3. The maximum absolute atomic E-state index is 13.1. The Bertz CT molecular complexity index is 1490. The van der Waals surface area contributed by atoms with E-state index >= 15 is 0 Å². The number of Topliss-reactive ketones (excluding diaryl/α,β-unsaturated/α-hetero) is 1. The highest BCUT2D eigenvalue weighted by Gasteiger charge is 2.25. The average Bonchev–Trinajstić information content (AvgIpc) is 3.58. The fourth-order valence-electron chi connectivity index (χ4n) is 4.83. The van der Waals surface area contributed by atoms with Crippen molar-refractivity contribution in [3.63, 3.8) is 0 Å². The maximum Gasteiger partial charge on any atom is 0.139 e. The van der Waals surface area contributed by atoms with Gasteiger partial charge in [0.1, 0.15) is 16.3 Å². The minimum absolute atomic E-state index is 0. The zero-order chi connectivity index (χ0) is 23.8. The van der Waals surface area contributed by atoms with Gasteiger partial charge >= 0.3 is 0 Å². The molecule has 5 aromatic rings. The van der Waals surface area contributed by atoms with Gasteiger partial charge in [-0.05, 0) is 60.8 Å². The molecule has 2 N–H and O–H groups in total. The first-order valence-electron chi connectivity index (χ1n) is 12.0. The lowest BCUT2D eigenvalue weighted by molar-refractivity contribution is -0.118. The monoisotopic (exact) mass is 505 g/mol. The number of nitrogens with zero attached hydrogens (tertiary/aromatic N) is 3. The molecule has 5 heterocycles. The number of carbonyl (C=O) groups excluding carboxylic acids is 1. The van der Waals surface area contributed by atoms with Crippen LogP contribution in [0, 0.1) is 0 Å². The molecule has 1 aromatic carbocycles. The number of fused-ring (bicyclic) bond motifs is 3. The number of thiazole rings is 1. The van der Waals surface area contributed by atoms with Crippen LogP contribution in [0.2, 0.25) is 0 Å². The summed E-state index contributed by atoms with van der Waals surface area (Å²) in [6.07, 6.45) is 7.61. The first-order chi connectivity index (χ1) is 17.1. The van der Waals surface area contributed by atoms with Crippen LogP contribution < -0.4 is 5.32 Å². The molecular formula is C27H31N5OS2. The molecule has 0 saturated carbocycles. The van der Waals surface area contributed by atoms with Gasteiger partial charge in [-0.15, -0.1) is 22.7 Å². The van der Waals surface area contributed by atoms with Crippen LogP contribution in [0.15, 0.2) is 48.9 Å². The minimum Gasteiger partial charge on any atom is -0.361 e. The third-order valence-electron chi connectivity index (χ3n) is 6.60. The Morgan fingerprint density at radius 1 is 1.23 bits per heavy atom. The Hall–Kier alpha value is -2.91. The molecule has 6 rings (SSSR count). The van der Waals surface area contributed by atoms with E-state index in [1.807, 2.05) is 24.7 Å². The van der Waals surface area contributed by atoms with E-state index in [1.54, 1.807) is 22.7 Å². The summed E-state index contributed by atoms with van der Waals surface area (Å²) in [6.45, 7) is 3.43. The Balaban J connectivity index is 0.00000160. The molecule has 0 atom stereocenters. The zero-order valence-electron chi connectivity index (χ0n) is 19.6. The van der Waals surface area contributed by atoms with Crippen LogP contribution in [0.4, 0.5) is 0 Å². The fourth-order valence-corrected chi connectivity index (χ4v) is 7.28. The highest BCUT2D eigenvalue weighted by atomic mass is 32.1. The number of thiophene rings is 1. The summed E-state index contributed by atoms with van der Waals surface area (Å²) in [5.74, 6) is 0.286. The van der Waals surface area contributed by atoms with Crippen molar-refractivity contribution in [1.29, 1.82) is 0 Å². The van der Waals surface area contributed by atoms with Crippen LogP contribution in [-0.2, 0) is 30.7 Å². The molecule has 0 radical (unpaired) electrons. The number of rotatable bonds is 8. The van der Waals surface area contributed by atoms with E-state index in [9.17, 15) is 4.79 Å². The van der Waals surface area contributed by atoms with Crippen LogP contribution in [0.5, 0.6) is 0 Å². The summed E-state index contributed by atoms with van der Waals surface area (Å²) in [5.41, 5.74) is 5.92. The van der Waals surface area contributed by atoms with Gasteiger partial charge in [0.05, 0.1) is 10.9 Å². The Labute approximate surface area is 215 Å². The van der Waals surface area contributed by atoms with Gasteiger partial charge in [-0.2, -0.15) is 0 Å². The molecule has 182 valence electrons. The smallest absolute Gasteiger partial charge is 0.139 e. The minimum atomic E-state index is 0. The van der Waals surface area contributed by atoms with Gasteiger partial charge in [-0.1, -0.05) is 6.07 Å². The number of aromatic amines is 1. The normalized spacial score (nSPS) is 13.7. The fraction of sp³-hybridized carbons (Fsp3) is 0.296. The van der Waals surface area contributed by atoms with E-state index in [2.05, 4.69) is 51.5 Å². The molecule has 0 fully saturated rings. The van der Waals surface area contributed by atoms with Gasteiger partial charge < -0.3 is 15.2 Å². The van der Waals surface area contributed by atoms with Crippen molar-refractivity contribution < 1.29 is 7.65 Å². The molecule has 1 aliphatic rings. The summed E-state index contributed by atoms with van der Waals surface area (Å²) in [7, 11) is 2.09. The van der Waals surface area contributed by atoms with Gasteiger partial charge in [-0.3, -0.25) is 9.78 Å². The maximum atomic E-state index is 13.1. The van der Waals surface area contributed by atoms with E-state index < -0.39 is 0 Å². The first kappa shape index (κ1) is 22.5. The molecule has 0 bridgehead atoms. The van der Waals surface area contributed by atoms with Gasteiger partial charge in [-0.25, -0.2) is 4.98 Å². The molecule has 8 heteroatoms. The number of hydrogen-bond acceptors (Lipinski definition) is 7. The van der Waals surface area contributed by atoms with Gasteiger partial charge in [0, 0.05) is 68.6 Å². The lowest BCUT2D eigenvalue weighted by Gasteiger charge is -2.16. The SMILES string of the molecule is CN(CCC(=O)Cc1sc2c(c1-c1nc3cnccc3s1)CCNC2)Cc1ccc2[nH]ccc2c1.[HH].[HH]. The molecule has 0 aliphatic carbocycles. The van der Waals surface area contributed by atoms with Gasteiger partial charge in [0.2, 0.25) is 0 Å². The average molecular weight is 506 g/mol. The third kappa shape index (κ3) is 4.67. The third-order valence-corrected chi connectivity index (χ3v) is 8.89. The quantitative estimate of drug-likeness (QED) is 0.284. The lowest BCUT2D eigenvalue weighted by Crippen LogP contribution is -2.22. The molecule has 35 heavy (non-hydrogen) atoms. The number of benzene rings is 1. The highest BCUT2D eigenvalue weighted by molar-refractivity contribution is 7.22. The van der Waals surface area contributed by atoms with Crippen molar-refractivity contribution in [2.75, 3.05) is 20.1 Å². The second-order valence-corrected chi connectivity index (χ2v) is 11.4. The largest absolute Gasteiger partial charge is 0.361 e. The van der Waals surface area contributed by atoms with Crippen molar-refractivity contribution in [2.24, 2.45) is 0 Å². The summed E-state index contributed by atoms with van der Waals surface area (Å²) in [4.78, 5) is 30.2. The first-order valence-corrected chi connectivity index (χ1v) is 13.6. The topological polar surface area (TPSA) is 73.9 Å². The van der Waals surface area contributed by atoms with Crippen LogP contribution >= 0.6 is 22.7 Å². The molecule has 0 saturated heterocycles. The van der Waals surface area contributed by atoms with Gasteiger partial charge in [0.15, 0.2) is 0 Å². The molecule has 0 amide bonds. The van der Waals surface area contributed by atoms with Gasteiger partial charge in [0.25, 0.3) is 0 Å².